The number of hydrogen-bond donors (Lipinski definition) is 1. The third kappa shape index (κ3) is 5.24. The molecule has 0 radical (unpaired) electrons. The normalized spacial score (nSPS) is 20.5. The van der Waals surface area contributed by atoms with Gasteiger partial charge in [-0.1, -0.05) is 48.5 Å². The first-order valence-corrected chi connectivity index (χ1v) is 9.91. The molecule has 1 fully saturated rings. The fraction of sp³-hybridized carbons (Fsp3) is 0.261. The van der Waals surface area contributed by atoms with Crippen LogP contribution in [0.2, 0.25) is 0 Å². The molecule has 8 nitrogen and oxygen atoms in total. The van der Waals surface area contributed by atoms with Crippen molar-refractivity contribution in [2.24, 2.45) is 0 Å². The van der Waals surface area contributed by atoms with Gasteiger partial charge in [0.2, 0.25) is 0 Å². The lowest BCUT2D eigenvalue weighted by molar-refractivity contribution is -0.199. The number of nitrogens with zero attached hydrogens (tertiary/aromatic N) is 2. The molecule has 1 saturated heterocycles. The Morgan fingerprint density at radius 2 is 1.87 bits per heavy atom. The zero-order valence-electron chi connectivity index (χ0n) is 17.1. The molecule has 0 unspecified atom stereocenters. The van der Waals surface area contributed by atoms with E-state index in [-0.39, 0.29) is 24.9 Å². The highest BCUT2D eigenvalue weighted by molar-refractivity contribution is 6.03. The van der Waals surface area contributed by atoms with E-state index in [1.807, 2.05) is 36.4 Å². The SMILES string of the molecule is C[C@]1(COCc2ccccc2)OC[C@@H](n2ccc(NC(=O)c3ccccc3)nc2=O)O1. The van der Waals surface area contributed by atoms with Crippen molar-refractivity contribution in [1.82, 2.24) is 9.55 Å². The van der Waals surface area contributed by atoms with Gasteiger partial charge in [-0.25, -0.2) is 4.79 Å². The van der Waals surface area contributed by atoms with E-state index in [1.54, 1.807) is 37.3 Å². The van der Waals surface area contributed by atoms with Gasteiger partial charge < -0.3 is 19.5 Å². The second-order valence-electron chi connectivity index (χ2n) is 7.32. The molecule has 2 aromatic carbocycles. The van der Waals surface area contributed by atoms with Gasteiger partial charge in [-0.3, -0.25) is 9.36 Å². The molecule has 0 bridgehead atoms. The van der Waals surface area contributed by atoms with E-state index in [2.05, 4.69) is 10.3 Å². The summed E-state index contributed by atoms with van der Waals surface area (Å²) in [5, 5.41) is 2.62. The molecular formula is C23H23N3O5. The van der Waals surface area contributed by atoms with Crippen molar-refractivity contribution in [2.45, 2.75) is 25.5 Å². The lowest BCUT2D eigenvalue weighted by atomic mass is 10.2. The third-order valence-electron chi connectivity index (χ3n) is 4.81. The van der Waals surface area contributed by atoms with Crippen molar-refractivity contribution in [1.29, 1.82) is 0 Å². The van der Waals surface area contributed by atoms with Crippen LogP contribution in [0.4, 0.5) is 5.82 Å². The molecule has 31 heavy (non-hydrogen) atoms. The van der Waals surface area contributed by atoms with Gasteiger partial charge >= 0.3 is 5.69 Å². The van der Waals surface area contributed by atoms with E-state index < -0.39 is 17.7 Å². The van der Waals surface area contributed by atoms with Gasteiger partial charge in [0.05, 0.1) is 13.2 Å². The Morgan fingerprint density at radius 3 is 2.58 bits per heavy atom. The van der Waals surface area contributed by atoms with Crippen LogP contribution in [-0.4, -0.2) is 34.5 Å². The predicted molar refractivity (Wildman–Crippen MR) is 113 cm³/mol. The molecule has 1 aromatic heterocycles. The second-order valence-corrected chi connectivity index (χ2v) is 7.32. The monoisotopic (exact) mass is 421 g/mol. The number of rotatable bonds is 7. The standard InChI is InChI=1S/C23H23N3O5/c1-23(16-29-14-17-8-4-2-5-9-17)30-15-20(31-23)26-13-12-19(25-22(26)28)24-21(27)18-10-6-3-7-11-18/h2-13,20H,14-16H2,1H3,(H,24,25,27,28)/t20-,23-/m0/s1. The van der Waals surface area contributed by atoms with Crippen LogP contribution in [-0.2, 0) is 20.8 Å². The molecule has 1 aliphatic rings. The van der Waals surface area contributed by atoms with E-state index >= 15 is 0 Å². The van der Waals surface area contributed by atoms with Gasteiger partial charge in [0.1, 0.15) is 12.4 Å². The van der Waals surface area contributed by atoms with Gasteiger partial charge in [-0.2, -0.15) is 4.98 Å². The Kier molecular flexibility index (Phi) is 6.22. The minimum absolute atomic E-state index is 0.169. The number of nitrogens with one attached hydrogen (secondary N) is 1. The van der Waals surface area contributed by atoms with E-state index in [1.165, 1.54) is 10.8 Å². The van der Waals surface area contributed by atoms with Crippen molar-refractivity contribution in [2.75, 3.05) is 18.5 Å². The topological polar surface area (TPSA) is 91.7 Å². The summed E-state index contributed by atoms with van der Waals surface area (Å²) in [5.74, 6) is -1.14. The second kappa shape index (κ2) is 9.22. The van der Waals surface area contributed by atoms with Crippen molar-refractivity contribution >= 4 is 11.7 Å². The first kappa shape index (κ1) is 20.9. The summed E-state index contributed by atoms with van der Waals surface area (Å²) in [5.41, 5.74) is 0.982. The van der Waals surface area contributed by atoms with Crippen LogP contribution in [0, 0.1) is 0 Å². The smallest absolute Gasteiger partial charge is 0.351 e. The molecule has 160 valence electrons. The van der Waals surface area contributed by atoms with Gasteiger partial charge in [0.15, 0.2) is 12.0 Å². The van der Waals surface area contributed by atoms with E-state index in [0.29, 0.717) is 12.2 Å². The van der Waals surface area contributed by atoms with Gasteiger partial charge in [-0.05, 0) is 30.7 Å². The van der Waals surface area contributed by atoms with Crippen molar-refractivity contribution in [3.8, 4) is 0 Å². The molecule has 0 saturated carbocycles. The number of amides is 1. The minimum atomic E-state index is -0.973. The maximum atomic E-state index is 12.5. The average Bonchev–Trinajstić information content (AvgIpc) is 3.17. The summed E-state index contributed by atoms with van der Waals surface area (Å²) >= 11 is 0. The largest absolute Gasteiger partial charge is 0.371 e. The first-order valence-electron chi connectivity index (χ1n) is 9.91. The van der Waals surface area contributed by atoms with E-state index in [0.717, 1.165) is 5.56 Å². The molecule has 0 spiro atoms. The molecular weight excluding hydrogens is 398 g/mol. The Morgan fingerprint density at radius 1 is 1.16 bits per heavy atom. The number of benzene rings is 2. The lowest BCUT2D eigenvalue weighted by Gasteiger charge is -2.23. The average molecular weight is 421 g/mol. The highest BCUT2D eigenvalue weighted by Gasteiger charge is 2.39. The van der Waals surface area contributed by atoms with Crippen LogP contribution >= 0.6 is 0 Å². The van der Waals surface area contributed by atoms with E-state index in [9.17, 15) is 9.59 Å². The molecule has 0 aliphatic carbocycles. The Balaban J connectivity index is 1.35. The third-order valence-corrected chi connectivity index (χ3v) is 4.81. The molecule has 8 heteroatoms. The van der Waals surface area contributed by atoms with Crippen LogP contribution in [0.15, 0.2) is 77.7 Å². The zero-order valence-corrected chi connectivity index (χ0v) is 17.1. The number of hydrogen-bond acceptors (Lipinski definition) is 6. The maximum absolute atomic E-state index is 12.5. The molecule has 2 heterocycles. The summed E-state index contributed by atoms with van der Waals surface area (Å²) in [7, 11) is 0. The zero-order chi connectivity index (χ0) is 21.7. The highest BCUT2D eigenvalue weighted by Crippen LogP contribution is 2.29. The van der Waals surface area contributed by atoms with Gasteiger partial charge in [0, 0.05) is 11.8 Å². The molecule has 1 amide bonds. The lowest BCUT2D eigenvalue weighted by Crippen LogP contribution is -2.34. The summed E-state index contributed by atoms with van der Waals surface area (Å²) in [6.45, 7) is 2.60. The molecule has 3 aromatic rings. The van der Waals surface area contributed by atoms with Crippen molar-refractivity contribution in [3.63, 3.8) is 0 Å². The Bertz CT molecular complexity index is 1090. The number of carbonyl (C=O) groups excluding carboxylic acids is 1. The summed E-state index contributed by atoms with van der Waals surface area (Å²) in [4.78, 5) is 28.7. The molecule has 2 atom stereocenters. The van der Waals surface area contributed by atoms with E-state index in [4.69, 9.17) is 14.2 Å². The molecule has 4 rings (SSSR count). The summed E-state index contributed by atoms with van der Waals surface area (Å²) in [6, 6.07) is 20.1. The Labute approximate surface area is 179 Å². The van der Waals surface area contributed by atoms with Gasteiger partial charge in [0.25, 0.3) is 5.91 Å². The van der Waals surface area contributed by atoms with Gasteiger partial charge in [-0.15, -0.1) is 0 Å². The summed E-state index contributed by atoms with van der Waals surface area (Å²) in [6.07, 6.45) is 0.893. The number of carbonyl (C=O) groups is 1. The number of aromatic nitrogens is 2. The van der Waals surface area contributed by atoms with Crippen LogP contribution in [0.1, 0.15) is 29.1 Å². The van der Waals surface area contributed by atoms with Crippen molar-refractivity contribution in [3.05, 3.63) is 94.5 Å². The van der Waals surface area contributed by atoms with Crippen LogP contribution < -0.4 is 11.0 Å². The molecule has 1 N–H and O–H groups in total. The fourth-order valence-corrected chi connectivity index (χ4v) is 3.22. The Hall–Kier alpha value is -3.33. The fourth-order valence-electron chi connectivity index (χ4n) is 3.22. The first-order chi connectivity index (χ1) is 15.0. The summed E-state index contributed by atoms with van der Waals surface area (Å²) < 4.78 is 18.7. The van der Waals surface area contributed by atoms with Crippen LogP contribution in [0.3, 0.4) is 0 Å². The minimum Gasteiger partial charge on any atom is -0.371 e. The van der Waals surface area contributed by atoms with Crippen molar-refractivity contribution < 1.29 is 19.0 Å². The predicted octanol–water partition coefficient (Wildman–Crippen LogP) is 2.97. The number of anilines is 1. The van der Waals surface area contributed by atoms with Crippen LogP contribution in [0.25, 0.3) is 0 Å². The molecule has 1 aliphatic heterocycles. The maximum Gasteiger partial charge on any atom is 0.351 e. The van der Waals surface area contributed by atoms with Crippen LogP contribution in [0.5, 0.6) is 0 Å². The number of ether oxygens (including phenoxy) is 3. The quantitative estimate of drug-likeness (QED) is 0.631. The highest BCUT2D eigenvalue weighted by atomic mass is 16.8.